The number of hydrogen-bond acceptors (Lipinski definition) is 2. The number of carbonyl (C=O) groups excluding carboxylic acids is 1. The van der Waals surface area contributed by atoms with E-state index in [0.29, 0.717) is 22.8 Å². The van der Waals surface area contributed by atoms with Crippen molar-refractivity contribution in [3.05, 3.63) is 12.8 Å². The molecule has 0 aliphatic rings. The summed E-state index contributed by atoms with van der Waals surface area (Å²) in [5.41, 5.74) is 0. The predicted molar refractivity (Wildman–Crippen MR) is 27.0 cm³/mol. The Bertz CT molecular complexity index is 83.0. The third kappa shape index (κ3) is 3.64. The molecule has 0 unspecified atom stereocenters. The van der Waals surface area contributed by atoms with Crippen molar-refractivity contribution < 1.29 is 9.53 Å². The summed E-state index contributed by atoms with van der Waals surface area (Å²) >= 11 is 0.670. The average molecular weight is 206 g/mol. The van der Waals surface area contributed by atoms with Gasteiger partial charge in [0.2, 0.25) is 0 Å². The molecule has 0 atom stereocenters. The molecule has 0 fully saturated rings. The van der Waals surface area contributed by atoms with Crippen LogP contribution in [-0.2, 0) is 4.74 Å². The second-order valence-corrected chi connectivity index (χ2v) is 1.54. The summed E-state index contributed by atoms with van der Waals surface area (Å²) in [6.07, 6.45) is 0.656. The van der Waals surface area contributed by atoms with E-state index in [1.807, 2.05) is 0 Å². The standard InChI is InChI=1S/C3H5NO2.Sn.H/c1-2-6-3(4)5;;/h2H,1H2,(H2,4,5);;/q;+1;/p-1. The third-order valence-electron chi connectivity index (χ3n) is 0.308. The van der Waals surface area contributed by atoms with E-state index >= 15 is 0 Å². The second kappa shape index (κ2) is 3.98. The van der Waals surface area contributed by atoms with E-state index in [4.69, 9.17) is 0 Å². The van der Waals surface area contributed by atoms with Crippen LogP contribution in [0.4, 0.5) is 4.79 Å². The molecule has 0 aromatic carbocycles. The van der Waals surface area contributed by atoms with Crippen molar-refractivity contribution in [2.24, 2.45) is 0 Å². The van der Waals surface area contributed by atoms with Crippen LogP contribution in [0.15, 0.2) is 12.8 Å². The number of amides is 1. The molecule has 0 bridgehead atoms. The molecule has 0 saturated carbocycles. The zero-order chi connectivity index (χ0) is 5.70. The van der Waals surface area contributed by atoms with E-state index in [1.165, 1.54) is 0 Å². The van der Waals surface area contributed by atoms with Crippen LogP contribution in [0.5, 0.6) is 0 Å². The van der Waals surface area contributed by atoms with Gasteiger partial charge >= 0.3 is 54.8 Å². The van der Waals surface area contributed by atoms with Gasteiger partial charge in [-0.15, -0.1) is 0 Å². The van der Waals surface area contributed by atoms with Gasteiger partial charge in [0.1, 0.15) is 0 Å². The van der Waals surface area contributed by atoms with Crippen LogP contribution in [-0.4, -0.2) is 28.9 Å². The first kappa shape index (κ1) is 6.81. The SMILES string of the molecule is C=COC(=O)[NH][SnH]. The van der Waals surface area contributed by atoms with Crippen molar-refractivity contribution in [2.75, 3.05) is 0 Å². The summed E-state index contributed by atoms with van der Waals surface area (Å²) in [5, 5.41) is 0. The van der Waals surface area contributed by atoms with Gasteiger partial charge in [-0.05, 0) is 0 Å². The molecule has 1 amide bonds. The second-order valence-electron chi connectivity index (χ2n) is 0.716. The van der Waals surface area contributed by atoms with Crippen LogP contribution >= 0.6 is 0 Å². The molecular weight excluding hydrogens is 201 g/mol. The summed E-state index contributed by atoms with van der Waals surface area (Å²) in [5.74, 6) is 0. The van der Waals surface area contributed by atoms with Gasteiger partial charge in [-0.3, -0.25) is 0 Å². The van der Waals surface area contributed by atoms with Crippen LogP contribution in [0.3, 0.4) is 0 Å². The molecule has 3 nitrogen and oxygen atoms in total. The molecule has 0 aliphatic carbocycles. The number of nitrogens with one attached hydrogen (secondary N) is 1. The summed E-state index contributed by atoms with van der Waals surface area (Å²) in [6.45, 7) is 3.18. The quantitative estimate of drug-likeness (QED) is 0.471. The van der Waals surface area contributed by atoms with Gasteiger partial charge in [-0.2, -0.15) is 0 Å². The molecule has 0 aromatic heterocycles. The summed E-state index contributed by atoms with van der Waals surface area (Å²) in [4.78, 5) is 10.0. The van der Waals surface area contributed by atoms with Crippen molar-refractivity contribution in [1.82, 2.24) is 3.54 Å². The number of rotatable bonds is 1. The molecule has 0 heterocycles. The minimum atomic E-state index is -0.433. The van der Waals surface area contributed by atoms with Gasteiger partial charge in [0.25, 0.3) is 0 Å². The number of carbonyl (C=O) groups is 1. The Morgan fingerprint density at radius 1 is 2.00 bits per heavy atom. The molecule has 0 saturated heterocycles. The molecule has 7 heavy (non-hydrogen) atoms. The van der Waals surface area contributed by atoms with Crippen molar-refractivity contribution in [2.45, 2.75) is 0 Å². The predicted octanol–water partition coefficient (Wildman–Crippen LogP) is -0.328. The fraction of sp³-hybridized carbons (Fsp3) is 0. The molecule has 4 heteroatoms. The van der Waals surface area contributed by atoms with Crippen molar-refractivity contribution in [1.29, 1.82) is 0 Å². The zero-order valence-electron chi connectivity index (χ0n) is 3.68. The average Bonchev–Trinajstić information content (AvgIpc) is 1.68. The van der Waals surface area contributed by atoms with Gasteiger partial charge in [0, 0.05) is 0 Å². The Balaban J connectivity index is 3.17. The van der Waals surface area contributed by atoms with Gasteiger partial charge in [-0.1, -0.05) is 0 Å². The van der Waals surface area contributed by atoms with E-state index in [2.05, 4.69) is 14.9 Å². The van der Waals surface area contributed by atoms with Gasteiger partial charge < -0.3 is 0 Å². The molecule has 0 spiro atoms. The first-order chi connectivity index (χ1) is 3.31. The Hall–Kier alpha value is -0.191. The van der Waals surface area contributed by atoms with Gasteiger partial charge in [0.05, 0.1) is 0 Å². The van der Waals surface area contributed by atoms with E-state index in [1.54, 1.807) is 0 Å². The summed E-state index contributed by atoms with van der Waals surface area (Å²) in [6, 6.07) is 0. The molecule has 38 valence electrons. The molecule has 2 radical (unpaired) electrons. The number of hydrogen-bond donors (Lipinski definition) is 1. The minimum absolute atomic E-state index is 0.433. The van der Waals surface area contributed by atoms with Crippen LogP contribution in [0.25, 0.3) is 0 Å². The Morgan fingerprint density at radius 3 is 2.71 bits per heavy atom. The summed E-state index contributed by atoms with van der Waals surface area (Å²) < 4.78 is 6.60. The molecule has 0 aromatic rings. The Kier molecular flexibility index (Phi) is 3.87. The third-order valence-corrected chi connectivity index (χ3v) is 0.981. The van der Waals surface area contributed by atoms with Crippen LogP contribution in [0, 0.1) is 0 Å². The Morgan fingerprint density at radius 2 is 2.57 bits per heavy atom. The van der Waals surface area contributed by atoms with Crippen molar-refractivity contribution in [3.8, 4) is 0 Å². The van der Waals surface area contributed by atoms with Gasteiger partial charge in [-0.25, -0.2) is 0 Å². The van der Waals surface area contributed by atoms with Crippen LogP contribution in [0.2, 0.25) is 0 Å². The first-order valence-electron chi connectivity index (χ1n) is 1.59. The van der Waals surface area contributed by atoms with Crippen LogP contribution in [0.1, 0.15) is 0 Å². The van der Waals surface area contributed by atoms with Crippen molar-refractivity contribution in [3.63, 3.8) is 0 Å². The Labute approximate surface area is 55.2 Å². The molecule has 0 rings (SSSR count). The van der Waals surface area contributed by atoms with E-state index < -0.39 is 6.09 Å². The maximum absolute atomic E-state index is 10.0. The molecule has 0 aliphatic heterocycles. The number of ether oxygens (including phenoxy) is 1. The molecule has 1 N–H and O–H groups in total. The van der Waals surface area contributed by atoms with Gasteiger partial charge in [0.15, 0.2) is 0 Å². The molecular formula is C3H5NO2Sn. The van der Waals surface area contributed by atoms with Crippen LogP contribution < -0.4 is 3.54 Å². The van der Waals surface area contributed by atoms with E-state index in [-0.39, 0.29) is 0 Å². The normalized spacial score (nSPS) is 7.00. The zero-order valence-corrected chi connectivity index (χ0v) is 6.97. The maximum atomic E-state index is 10.0. The monoisotopic (exact) mass is 207 g/mol. The van der Waals surface area contributed by atoms with Crippen molar-refractivity contribution >= 4 is 28.9 Å². The summed E-state index contributed by atoms with van der Waals surface area (Å²) in [7, 11) is 0. The fourth-order valence-electron chi connectivity index (χ4n) is 0.110. The fourth-order valence-corrected chi connectivity index (χ4v) is 0.304. The van der Waals surface area contributed by atoms with E-state index in [0.717, 1.165) is 6.26 Å². The topological polar surface area (TPSA) is 38.3 Å². The van der Waals surface area contributed by atoms with E-state index in [9.17, 15) is 4.79 Å². The first-order valence-corrected chi connectivity index (χ1v) is 3.24.